The first-order valence-corrected chi connectivity index (χ1v) is 3.45. The summed E-state index contributed by atoms with van der Waals surface area (Å²) in [6.45, 7) is 1.51. The van der Waals surface area contributed by atoms with Crippen LogP contribution in [0.1, 0.15) is 13.3 Å². The third-order valence-electron chi connectivity index (χ3n) is 1.28. The van der Waals surface area contributed by atoms with Crippen LogP contribution in [0.4, 0.5) is 0 Å². The molecule has 1 nitrogen and oxygen atoms in total. The van der Waals surface area contributed by atoms with Crippen molar-refractivity contribution in [3.8, 4) is 0 Å². The van der Waals surface area contributed by atoms with Crippen LogP contribution < -0.4 is 0 Å². The Morgan fingerprint density at radius 1 is 1.80 bits per heavy atom. The topological polar surface area (TPSA) is 17.1 Å². The van der Waals surface area contributed by atoms with Crippen LogP contribution in [0, 0.1) is 6.08 Å². The molecule has 0 saturated heterocycles. The van der Waals surface area contributed by atoms with Crippen molar-refractivity contribution in [2.75, 3.05) is 0 Å². The maximum Gasteiger partial charge on any atom is 0.161 e. The summed E-state index contributed by atoms with van der Waals surface area (Å²) < 4.78 is 0. The zero-order valence-electron chi connectivity index (χ0n) is 5.68. The number of carbonyl (C=O) groups is 1. The largest absolute Gasteiger partial charge is 0.294 e. The van der Waals surface area contributed by atoms with Gasteiger partial charge in [0.15, 0.2) is 5.78 Å². The maximum atomic E-state index is 10.8. The van der Waals surface area contributed by atoms with Gasteiger partial charge in [0, 0.05) is 16.9 Å². The predicted octanol–water partition coefficient (Wildman–Crippen LogP) is 1.63. The standard InChI is InChI=1S/C8H7OS/c1-6(9)7-4-2-3-5-8(7)10/h2-3H,5H2,1H3. The fraction of sp³-hybridized carbons (Fsp3) is 0.250. The van der Waals surface area contributed by atoms with E-state index in [1.807, 2.05) is 6.08 Å². The maximum absolute atomic E-state index is 10.8. The highest BCUT2D eigenvalue weighted by atomic mass is 32.1. The van der Waals surface area contributed by atoms with Crippen molar-refractivity contribution in [3.05, 3.63) is 23.8 Å². The average Bonchev–Trinajstić information content (AvgIpc) is 1.88. The minimum absolute atomic E-state index is 0.00866. The molecule has 1 rings (SSSR count). The zero-order valence-corrected chi connectivity index (χ0v) is 6.49. The molecule has 0 unspecified atom stereocenters. The molecule has 0 saturated carbocycles. The second-order valence-corrected chi connectivity index (χ2v) is 2.60. The van der Waals surface area contributed by atoms with E-state index in [4.69, 9.17) is 12.2 Å². The fourth-order valence-electron chi connectivity index (χ4n) is 0.789. The average molecular weight is 151 g/mol. The molecular formula is C8H7OS. The highest BCUT2D eigenvalue weighted by Gasteiger charge is 2.10. The molecule has 1 aliphatic rings. The molecule has 0 N–H and O–H groups in total. The quantitative estimate of drug-likeness (QED) is 0.530. The van der Waals surface area contributed by atoms with Crippen LogP contribution in [0.3, 0.4) is 0 Å². The second kappa shape index (κ2) is 2.88. The van der Waals surface area contributed by atoms with E-state index in [2.05, 4.69) is 6.08 Å². The summed E-state index contributed by atoms with van der Waals surface area (Å²) in [6.07, 6.45) is 7.16. The van der Waals surface area contributed by atoms with Gasteiger partial charge in [0.2, 0.25) is 0 Å². The van der Waals surface area contributed by atoms with Crippen molar-refractivity contribution in [2.45, 2.75) is 13.3 Å². The molecule has 0 aromatic carbocycles. The van der Waals surface area contributed by atoms with Crippen LogP contribution in [0.15, 0.2) is 17.7 Å². The molecule has 0 heterocycles. The van der Waals surface area contributed by atoms with E-state index >= 15 is 0 Å². The van der Waals surface area contributed by atoms with Gasteiger partial charge in [-0.05, 0) is 13.0 Å². The fourth-order valence-corrected chi connectivity index (χ4v) is 1.09. The van der Waals surface area contributed by atoms with E-state index in [0.717, 1.165) is 0 Å². The molecule has 0 aromatic heterocycles. The molecule has 0 aliphatic heterocycles. The second-order valence-electron chi connectivity index (χ2n) is 2.11. The van der Waals surface area contributed by atoms with Gasteiger partial charge < -0.3 is 0 Å². The lowest BCUT2D eigenvalue weighted by Crippen LogP contribution is -2.09. The summed E-state index contributed by atoms with van der Waals surface area (Å²) in [6, 6.07) is 0. The van der Waals surface area contributed by atoms with E-state index < -0.39 is 0 Å². The Kier molecular flexibility index (Phi) is 2.12. The molecule has 0 atom stereocenters. The number of thiocarbonyl (C=S) groups is 1. The summed E-state index contributed by atoms with van der Waals surface area (Å²) in [5.74, 6) is 0.00866. The highest BCUT2D eigenvalue weighted by Crippen LogP contribution is 2.09. The van der Waals surface area contributed by atoms with Gasteiger partial charge in [-0.3, -0.25) is 4.79 Å². The van der Waals surface area contributed by atoms with Crippen molar-refractivity contribution in [2.24, 2.45) is 0 Å². The summed E-state index contributed by atoms with van der Waals surface area (Å²) in [5, 5.41) is 0. The predicted molar refractivity (Wildman–Crippen MR) is 43.8 cm³/mol. The molecular weight excluding hydrogens is 144 g/mol. The molecule has 0 amide bonds. The molecule has 51 valence electrons. The summed E-state index contributed by atoms with van der Waals surface area (Å²) in [5.41, 5.74) is 0.567. The molecule has 0 spiro atoms. The first-order valence-electron chi connectivity index (χ1n) is 3.04. The lowest BCUT2D eigenvalue weighted by Gasteiger charge is -2.04. The van der Waals surface area contributed by atoms with Crippen LogP contribution in [0.5, 0.6) is 0 Å². The number of hydrogen-bond donors (Lipinski definition) is 0. The van der Waals surface area contributed by atoms with Crippen molar-refractivity contribution in [1.82, 2.24) is 0 Å². The van der Waals surface area contributed by atoms with Gasteiger partial charge in [-0.1, -0.05) is 24.4 Å². The molecule has 1 radical (unpaired) electrons. The number of ketones is 1. The number of carbonyl (C=O) groups excluding carboxylic acids is 1. The Morgan fingerprint density at radius 2 is 2.50 bits per heavy atom. The van der Waals surface area contributed by atoms with Gasteiger partial charge >= 0.3 is 0 Å². The number of Topliss-reactive ketones (excluding diaryl/α,β-unsaturated/α-hetero) is 1. The van der Waals surface area contributed by atoms with E-state index in [1.165, 1.54) is 6.92 Å². The van der Waals surface area contributed by atoms with Crippen LogP contribution in [0.25, 0.3) is 0 Å². The van der Waals surface area contributed by atoms with Gasteiger partial charge in [0.1, 0.15) is 0 Å². The zero-order chi connectivity index (χ0) is 7.56. The molecule has 0 aromatic rings. The Bertz CT molecular complexity index is 236. The van der Waals surface area contributed by atoms with Gasteiger partial charge in [-0.25, -0.2) is 0 Å². The van der Waals surface area contributed by atoms with Gasteiger partial charge in [0.05, 0.1) is 0 Å². The smallest absolute Gasteiger partial charge is 0.161 e. The summed E-state index contributed by atoms with van der Waals surface area (Å²) in [7, 11) is 0. The molecule has 10 heavy (non-hydrogen) atoms. The van der Waals surface area contributed by atoms with Gasteiger partial charge in [-0.15, -0.1) is 0 Å². The lowest BCUT2D eigenvalue weighted by atomic mass is 10.0. The Labute approximate surface area is 65.4 Å². The molecule has 1 aliphatic carbocycles. The Hall–Kier alpha value is -0.760. The van der Waals surface area contributed by atoms with Crippen molar-refractivity contribution < 1.29 is 4.79 Å². The SMILES string of the molecule is CC(=O)C1=[C]C=CCC1=S. The third kappa shape index (κ3) is 1.39. The van der Waals surface area contributed by atoms with E-state index in [1.54, 1.807) is 6.08 Å². The first kappa shape index (κ1) is 7.35. The van der Waals surface area contributed by atoms with Crippen LogP contribution in [-0.4, -0.2) is 10.6 Å². The number of rotatable bonds is 1. The monoisotopic (exact) mass is 151 g/mol. The molecule has 0 fully saturated rings. The first-order chi connectivity index (χ1) is 4.72. The molecule has 2 heteroatoms. The van der Waals surface area contributed by atoms with Crippen LogP contribution in [0.2, 0.25) is 0 Å². The van der Waals surface area contributed by atoms with Crippen molar-refractivity contribution in [1.29, 1.82) is 0 Å². The van der Waals surface area contributed by atoms with Crippen molar-refractivity contribution in [3.63, 3.8) is 0 Å². The number of hydrogen-bond acceptors (Lipinski definition) is 2. The van der Waals surface area contributed by atoms with Crippen molar-refractivity contribution >= 4 is 22.9 Å². The summed E-state index contributed by atoms with van der Waals surface area (Å²) >= 11 is 4.93. The van der Waals surface area contributed by atoms with Crippen LogP contribution >= 0.6 is 12.2 Å². The number of allylic oxidation sites excluding steroid dienone is 4. The minimum Gasteiger partial charge on any atom is -0.294 e. The van der Waals surface area contributed by atoms with E-state index in [-0.39, 0.29) is 5.78 Å². The summed E-state index contributed by atoms with van der Waals surface area (Å²) in [4.78, 5) is 11.5. The normalized spacial score (nSPS) is 16.9. The van der Waals surface area contributed by atoms with E-state index in [0.29, 0.717) is 16.9 Å². The van der Waals surface area contributed by atoms with Gasteiger partial charge in [0.25, 0.3) is 0 Å². The van der Waals surface area contributed by atoms with E-state index in [9.17, 15) is 4.79 Å². The minimum atomic E-state index is 0.00866. The molecule has 0 bridgehead atoms. The van der Waals surface area contributed by atoms with Gasteiger partial charge in [-0.2, -0.15) is 0 Å². The lowest BCUT2D eigenvalue weighted by molar-refractivity contribution is -0.113. The Morgan fingerprint density at radius 3 is 2.90 bits per heavy atom. The highest BCUT2D eigenvalue weighted by molar-refractivity contribution is 7.81. The third-order valence-corrected chi connectivity index (χ3v) is 1.65. The van der Waals surface area contributed by atoms with Crippen LogP contribution in [-0.2, 0) is 4.79 Å². The Balaban J connectivity index is 2.91.